The van der Waals surface area contributed by atoms with Gasteiger partial charge in [0.1, 0.15) is 12.0 Å². The molecule has 2 rings (SSSR count). The van der Waals surface area contributed by atoms with Crippen molar-refractivity contribution < 1.29 is 19.5 Å². The Balaban J connectivity index is 0.000000380. The number of aromatic hydroxyl groups is 1. The Bertz CT molecular complexity index is 984. The van der Waals surface area contributed by atoms with Crippen LogP contribution in [0, 0.1) is 6.92 Å². The van der Waals surface area contributed by atoms with E-state index < -0.39 is 5.25 Å². The van der Waals surface area contributed by atoms with Crippen molar-refractivity contribution in [1.29, 1.82) is 0 Å². The van der Waals surface area contributed by atoms with Crippen LogP contribution in [-0.4, -0.2) is 59.5 Å². The molecule has 0 saturated heterocycles. The van der Waals surface area contributed by atoms with Gasteiger partial charge in [-0.3, -0.25) is 9.59 Å². The zero-order valence-electron chi connectivity index (χ0n) is 19.7. The molecule has 0 spiro atoms. The number of phenols is 1. The van der Waals surface area contributed by atoms with E-state index >= 15 is 0 Å². The van der Waals surface area contributed by atoms with Gasteiger partial charge in [0.15, 0.2) is 11.5 Å². The highest BCUT2D eigenvalue weighted by Crippen LogP contribution is 2.21. The third kappa shape index (κ3) is 9.14. The summed E-state index contributed by atoms with van der Waals surface area (Å²) in [4.78, 5) is 35.1. The summed E-state index contributed by atoms with van der Waals surface area (Å²) in [5.41, 5.74) is 9.57. The van der Waals surface area contributed by atoms with Gasteiger partial charge in [0.25, 0.3) is 0 Å². The average Bonchev–Trinajstić information content (AvgIpc) is 2.84. The van der Waals surface area contributed by atoms with Crippen LogP contribution in [0.25, 0.3) is 0 Å². The first kappa shape index (κ1) is 28.5. The van der Waals surface area contributed by atoms with Crippen molar-refractivity contribution >= 4 is 41.1 Å². The van der Waals surface area contributed by atoms with Crippen LogP contribution in [-0.2, 0) is 20.8 Å². The van der Waals surface area contributed by atoms with E-state index in [9.17, 15) is 19.5 Å². The summed E-state index contributed by atoms with van der Waals surface area (Å²) in [6.07, 6.45) is 2.48. The van der Waals surface area contributed by atoms with E-state index in [1.165, 1.54) is 0 Å². The van der Waals surface area contributed by atoms with Crippen molar-refractivity contribution in [3.8, 4) is 5.75 Å². The Morgan fingerprint density at radius 1 is 1.26 bits per heavy atom. The number of nitrogens with zero attached hydrogens (tertiary/aromatic N) is 2. The third-order valence-electron chi connectivity index (χ3n) is 5.05. The first-order chi connectivity index (χ1) is 16.3. The molecule has 0 aliphatic carbocycles. The number of benzene rings is 2. The van der Waals surface area contributed by atoms with Gasteiger partial charge >= 0.3 is 0 Å². The number of hydrogen-bond donors (Lipinski definition) is 4. The number of thioether (sulfide) groups is 1. The molecule has 6 N–H and O–H groups in total. The highest BCUT2D eigenvalue weighted by molar-refractivity contribution is 8.13. The lowest BCUT2D eigenvalue weighted by Gasteiger charge is -2.22. The Hall–Kier alpha value is -3.53. The summed E-state index contributed by atoms with van der Waals surface area (Å²) >= 11 is 1.01. The number of hydrazone groups is 1. The smallest absolute Gasteiger partial charge is 0.236 e. The summed E-state index contributed by atoms with van der Waals surface area (Å²) < 4.78 is 0. The summed E-state index contributed by atoms with van der Waals surface area (Å²) in [6, 6.07) is 12.8. The predicted molar refractivity (Wildman–Crippen MR) is 139 cm³/mol. The van der Waals surface area contributed by atoms with Crippen LogP contribution >= 0.6 is 11.8 Å². The summed E-state index contributed by atoms with van der Waals surface area (Å²) in [5.74, 6) is 5.08. The summed E-state index contributed by atoms with van der Waals surface area (Å²) in [6.45, 7) is 2.53. The second-order valence-electron chi connectivity index (χ2n) is 7.42. The molecule has 184 valence electrons. The maximum Gasteiger partial charge on any atom is 0.236 e. The minimum Gasteiger partial charge on any atom is -0.507 e. The molecule has 2 aromatic rings. The van der Waals surface area contributed by atoms with Crippen LogP contribution < -0.4 is 16.9 Å². The van der Waals surface area contributed by atoms with Gasteiger partial charge in [-0.1, -0.05) is 36.0 Å². The molecule has 1 amide bonds. The second-order valence-corrected chi connectivity index (χ2v) is 8.45. The second kappa shape index (κ2) is 15.3. The zero-order chi connectivity index (χ0) is 25.5. The van der Waals surface area contributed by atoms with Crippen LogP contribution in [0.1, 0.15) is 29.5 Å². The molecule has 0 radical (unpaired) electrons. The molecule has 9 nitrogen and oxygen atoms in total. The highest BCUT2D eigenvalue weighted by atomic mass is 32.2. The molecule has 0 saturated carbocycles. The topological polar surface area (TPSA) is 151 Å². The third-order valence-corrected chi connectivity index (χ3v) is 5.86. The molecule has 0 aromatic heterocycles. The Morgan fingerprint density at radius 2 is 1.97 bits per heavy atom. The van der Waals surface area contributed by atoms with Gasteiger partial charge in [0.05, 0.1) is 10.8 Å². The maximum atomic E-state index is 12.4. The Kier molecular flexibility index (Phi) is 12.9. The summed E-state index contributed by atoms with van der Waals surface area (Å²) in [7, 11) is 3.47. The maximum absolute atomic E-state index is 12.4. The SMILES string of the molecule is CNc1ccc(/C(N)=N/N)c(O)c1.Cc1ccccc1CC(SC=O)C(=O)N(C)CCCC=O. The number of aryl methyl sites for hydroxylation is 1. The van der Waals surface area contributed by atoms with Gasteiger partial charge in [0, 0.05) is 38.8 Å². The van der Waals surface area contributed by atoms with E-state index in [1.807, 2.05) is 31.2 Å². The molecule has 0 aliphatic rings. The molecule has 0 bridgehead atoms. The van der Waals surface area contributed by atoms with Crippen molar-refractivity contribution in [1.82, 2.24) is 4.90 Å². The van der Waals surface area contributed by atoms with Crippen LogP contribution in [0.5, 0.6) is 5.75 Å². The molecule has 0 fully saturated rings. The average molecular weight is 488 g/mol. The first-order valence-corrected chi connectivity index (χ1v) is 11.6. The largest absolute Gasteiger partial charge is 0.507 e. The number of hydrogen-bond acceptors (Lipinski definition) is 8. The van der Waals surface area contributed by atoms with Crippen LogP contribution in [0.2, 0.25) is 0 Å². The minimum absolute atomic E-state index is 0.0542. The van der Waals surface area contributed by atoms with Gasteiger partial charge in [-0.05, 0) is 43.0 Å². The predicted octanol–water partition coefficient (Wildman–Crippen LogP) is 2.28. The number of nitrogens with two attached hydrogens (primary N) is 2. The van der Waals surface area contributed by atoms with E-state index in [4.69, 9.17) is 11.6 Å². The molecular formula is C24H33N5O4S. The van der Waals surface area contributed by atoms with Crippen molar-refractivity contribution in [3.05, 3.63) is 59.2 Å². The van der Waals surface area contributed by atoms with E-state index in [0.29, 0.717) is 31.4 Å². The number of amides is 1. The molecule has 0 aliphatic heterocycles. The number of carbonyl (C=O) groups is 3. The fraction of sp³-hybridized carbons (Fsp3) is 0.333. The van der Waals surface area contributed by atoms with Gasteiger partial charge in [-0.15, -0.1) is 0 Å². The number of unbranched alkanes of at least 4 members (excludes halogenated alkanes) is 1. The Morgan fingerprint density at radius 3 is 2.53 bits per heavy atom. The van der Waals surface area contributed by atoms with Gasteiger partial charge in [-0.2, -0.15) is 5.10 Å². The van der Waals surface area contributed by atoms with Crippen LogP contribution in [0.3, 0.4) is 0 Å². The Labute approximate surface area is 204 Å². The number of nitrogens with one attached hydrogen (secondary N) is 1. The molecule has 10 heteroatoms. The lowest BCUT2D eigenvalue weighted by molar-refractivity contribution is -0.129. The fourth-order valence-electron chi connectivity index (χ4n) is 3.04. The number of rotatable bonds is 11. The molecule has 0 heterocycles. The molecule has 2 aromatic carbocycles. The first-order valence-electron chi connectivity index (χ1n) is 10.7. The number of aldehydes is 1. The number of amidine groups is 1. The lowest BCUT2D eigenvalue weighted by atomic mass is 10.0. The van der Waals surface area contributed by atoms with Crippen molar-refractivity contribution in [2.24, 2.45) is 16.7 Å². The number of carbonyl (C=O) groups excluding carboxylic acids is 3. The highest BCUT2D eigenvalue weighted by Gasteiger charge is 2.23. The monoisotopic (exact) mass is 487 g/mol. The van der Waals surface area contributed by atoms with Gasteiger partial charge in [-0.25, -0.2) is 0 Å². The van der Waals surface area contributed by atoms with Gasteiger partial charge < -0.3 is 31.7 Å². The molecule has 1 unspecified atom stereocenters. The number of phenolic OH excluding ortho intramolecular Hbond substituents is 1. The van der Waals surface area contributed by atoms with Gasteiger partial charge in [0.2, 0.25) is 5.91 Å². The molecular weight excluding hydrogens is 454 g/mol. The van der Waals surface area contributed by atoms with Crippen molar-refractivity contribution in [2.75, 3.05) is 26.0 Å². The number of anilines is 1. The summed E-state index contributed by atoms with van der Waals surface area (Å²) in [5, 5.41) is 15.2. The van der Waals surface area contributed by atoms with E-state index in [2.05, 4.69) is 10.4 Å². The van der Waals surface area contributed by atoms with E-state index in [-0.39, 0.29) is 17.5 Å². The van der Waals surface area contributed by atoms with E-state index in [1.54, 1.807) is 37.2 Å². The van der Waals surface area contributed by atoms with Crippen molar-refractivity contribution in [2.45, 2.75) is 31.4 Å². The van der Waals surface area contributed by atoms with Crippen LogP contribution in [0.4, 0.5) is 5.69 Å². The normalized spacial score (nSPS) is 11.6. The standard InChI is InChI=1S/C16H21NO3S.C8H12N4O/c1-13-7-3-4-8-14(13)11-15(21-12-19)16(20)17(2)9-5-6-10-18;1-11-5-2-3-6(7(13)4-5)8(9)12-10/h3-4,7-8,10,12,15H,5-6,9,11H2,1-2H3;2-4,11,13H,10H2,1H3,(H2,9,12). The fourth-order valence-corrected chi connectivity index (χ4v) is 3.75. The zero-order valence-corrected chi connectivity index (χ0v) is 20.5. The van der Waals surface area contributed by atoms with Crippen molar-refractivity contribution in [3.63, 3.8) is 0 Å². The molecule has 1 atom stereocenters. The van der Waals surface area contributed by atoms with Crippen LogP contribution in [0.15, 0.2) is 47.6 Å². The van der Waals surface area contributed by atoms with E-state index in [0.717, 1.165) is 40.5 Å². The lowest BCUT2D eigenvalue weighted by Crippen LogP contribution is -2.36. The molecule has 34 heavy (non-hydrogen) atoms. The minimum atomic E-state index is -0.412. The quantitative estimate of drug-likeness (QED) is 0.0941.